The lowest BCUT2D eigenvalue weighted by Crippen LogP contribution is -2.40. The molecule has 0 aliphatic carbocycles. The molecule has 0 saturated heterocycles. The average molecular weight is 327 g/mol. The van der Waals surface area contributed by atoms with Gasteiger partial charge >= 0.3 is 0 Å². The summed E-state index contributed by atoms with van der Waals surface area (Å²) in [5.41, 5.74) is 5.34. The molecule has 8 heteroatoms. The van der Waals surface area contributed by atoms with E-state index in [1.54, 1.807) is 0 Å². The Kier molecular flexibility index (Phi) is 7.36. The first-order valence-corrected chi connectivity index (χ1v) is 7.37. The fraction of sp³-hybridized carbons (Fsp3) is 0.364. The molecular formula is C11H16Cl2N2O3S. The van der Waals surface area contributed by atoms with Crippen LogP contribution in [0.3, 0.4) is 0 Å². The molecule has 0 heterocycles. The standard InChI is InChI=1S/C11H15ClN2O3S.ClH/c1-8(13)11(15)14-6-7-18(16,17)10-4-2-9(12)3-5-10;/h2-5,8H,6-7,13H2,1H3,(H,14,15);1H/t8-;/m0./s1. The molecule has 1 aromatic carbocycles. The summed E-state index contributed by atoms with van der Waals surface area (Å²) in [4.78, 5) is 11.3. The van der Waals surface area contributed by atoms with Crippen LogP contribution < -0.4 is 11.1 Å². The Labute approximate surface area is 123 Å². The lowest BCUT2D eigenvalue weighted by atomic mass is 10.3. The van der Waals surface area contributed by atoms with Crippen molar-refractivity contribution in [3.8, 4) is 0 Å². The van der Waals surface area contributed by atoms with Crippen molar-refractivity contribution in [3.63, 3.8) is 0 Å². The largest absolute Gasteiger partial charge is 0.354 e. The van der Waals surface area contributed by atoms with Gasteiger partial charge in [0.15, 0.2) is 9.84 Å². The number of hydrogen-bond donors (Lipinski definition) is 2. The summed E-state index contributed by atoms with van der Waals surface area (Å²) >= 11 is 5.68. The smallest absolute Gasteiger partial charge is 0.236 e. The second-order valence-corrected chi connectivity index (χ2v) is 6.40. The summed E-state index contributed by atoms with van der Waals surface area (Å²) in [6.07, 6.45) is 0. The topological polar surface area (TPSA) is 89.3 Å². The van der Waals surface area contributed by atoms with Crippen molar-refractivity contribution >= 4 is 39.8 Å². The Morgan fingerprint density at radius 3 is 2.37 bits per heavy atom. The lowest BCUT2D eigenvalue weighted by Gasteiger charge is -2.08. The van der Waals surface area contributed by atoms with Crippen molar-refractivity contribution in [3.05, 3.63) is 29.3 Å². The summed E-state index contributed by atoms with van der Waals surface area (Å²) in [5, 5.41) is 2.92. The van der Waals surface area contributed by atoms with Gasteiger partial charge in [0.05, 0.1) is 16.7 Å². The summed E-state index contributed by atoms with van der Waals surface area (Å²) in [5.74, 6) is -0.547. The average Bonchev–Trinajstić information content (AvgIpc) is 2.29. The Morgan fingerprint density at radius 2 is 1.89 bits per heavy atom. The zero-order valence-electron chi connectivity index (χ0n) is 10.3. The van der Waals surface area contributed by atoms with Gasteiger partial charge in [-0.2, -0.15) is 0 Å². The minimum atomic E-state index is -3.41. The van der Waals surface area contributed by atoms with Gasteiger partial charge in [-0.3, -0.25) is 4.79 Å². The highest BCUT2D eigenvalue weighted by Gasteiger charge is 2.15. The first kappa shape index (κ1) is 18.2. The molecule has 0 fully saturated rings. The Morgan fingerprint density at radius 1 is 1.37 bits per heavy atom. The molecule has 1 rings (SSSR count). The Hall–Kier alpha value is -0.820. The quantitative estimate of drug-likeness (QED) is 0.844. The molecular weight excluding hydrogens is 311 g/mol. The van der Waals surface area contributed by atoms with E-state index in [1.165, 1.54) is 31.2 Å². The SMILES string of the molecule is C[C@H](N)C(=O)NCCS(=O)(=O)c1ccc(Cl)cc1.Cl. The number of rotatable bonds is 5. The number of carbonyl (C=O) groups excluding carboxylic acids is 1. The summed E-state index contributed by atoms with van der Waals surface area (Å²) < 4.78 is 23.7. The van der Waals surface area contributed by atoms with E-state index in [9.17, 15) is 13.2 Å². The zero-order chi connectivity index (χ0) is 13.8. The van der Waals surface area contributed by atoms with Crippen molar-refractivity contribution in [1.82, 2.24) is 5.32 Å². The van der Waals surface area contributed by atoms with Gasteiger partial charge in [-0.05, 0) is 31.2 Å². The van der Waals surface area contributed by atoms with Gasteiger partial charge in [0.25, 0.3) is 0 Å². The van der Waals surface area contributed by atoms with Crippen LogP contribution in [-0.2, 0) is 14.6 Å². The van der Waals surface area contributed by atoms with E-state index >= 15 is 0 Å². The van der Waals surface area contributed by atoms with E-state index in [2.05, 4.69) is 5.32 Å². The van der Waals surface area contributed by atoms with Gasteiger partial charge in [-0.15, -0.1) is 12.4 Å². The number of hydrogen-bond acceptors (Lipinski definition) is 4. The maximum atomic E-state index is 11.9. The Balaban J connectivity index is 0.00000324. The third kappa shape index (κ3) is 5.78. The van der Waals surface area contributed by atoms with E-state index in [1.807, 2.05) is 0 Å². The fourth-order valence-electron chi connectivity index (χ4n) is 1.23. The molecule has 1 amide bonds. The molecule has 5 nitrogen and oxygen atoms in total. The predicted octanol–water partition coefficient (Wildman–Crippen LogP) is 0.999. The van der Waals surface area contributed by atoms with Crippen LogP contribution in [0.25, 0.3) is 0 Å². The van der Waals surface area contributed by atoms with Gasteiger partial charge < -0.3 is 11.1 Å². The first-order valence-electron chi connectivity index (χ1n) is 5.34. The van der Waals surface area contributed by atoms with Crippen LogP contribution >= 0.6 is 24.0 Å². The molecule has 0 bridgehead atoms. The van der Waals surface area contributed by atoms with Crippen molar-refractivity contribution in [2.75, 3.05) is 12.3 Å². The summed E-state index contributed by atoms with van der Waals surface area (Å²) in [7, 11) is -3.41. The molecule has 1 aromatic rings. The van der Waals surface area contributed by atoms with Gasteiger partial charge in [0.1, 0.15) is 0 Å². The number of benzene rings is 1. The number of nitrogens with two attached hydrogens (primary N) is 1. The number of carbonyl (C=O) groups is 1. The molecule has 108 valence electrons. The molecule has 0 aliphatic heterocycles. The van der Waals surface area contributed by atoms with Crippen LogP contribution in [0.1, 0.15) is 6.92 Å². The number of halogens is 2. The molecule has 19 heavy (non-hydrogen) atoms. The van der Waals surface area contributed by atoms with Crippen molar-refractivity contribution < 1.29 is 13.2 Å². The second kappa shape index (κ2) is 7.69. The molecule has 0 radical (unpaired) electrons. The highest BCUT2D eigenvalue weighted by molar-refractivity contribution is 7.91. The molecule has 3 N–H and O–H groups in total. The molecule has 0 spiro atoms. The number of amides is 1. The van der Waals surface area contributed by atoms with Crippen LogP contribution in [0, 0.1) is 0 Å². The second-order valence-electron chi connectivity index (χ2n) is 3.85. The minimum absolute atomic E-state index is 0. The lowest BCUT2D eigenvalue weighted by molar-refractivity contribution is -0.121. The van der Waals surface area contributed by atoms with Gasteiger partial charge in [0, 0.05) is 11.6 Å². The number of sulfone groups is 1. The van der Waals surface area contributed by atoms with E-state index < -0.39 is 15.9 Å². The van der Waals surface area contributed by atoms with E-state index in [0.717, 1.165) is 0 Å². The van der Waals surface area contributed by atoms with Crippen molar-refractivity contribution in [1.29, 1.82) is 0 Å². The highest BCUT2D eigenvalue weighted by Crippen LogP contribution is 2.14. The third-order valence-corrected chi connectivity index (χ3v) is 4.24. The normalized spacial score (nSPS) is 12.4. The van der Waals surface area contributed by atoms with Crippen molar-refractivity contribution in [2.24, 2.45) is 5.73 Å². The van der Waals surface area contributed by atoms with Crippen LogP contribution in [0.2, 0.25) is 5.02 Å². The van der Waals surface area contributed by atoms with Crippen LogP contribution in [-0.4, -0.2) is 32.7 Å². The Bertz CT molecular complexity index is 515. The number of nitrogens with one attached hydrogen (secondary N) is 1. The van der Waals surface area contributed by atoms with Crippen LogP contribution in [0.4, 0.5) is 0 Å². The van der Waals surface area contributed by atoms with Gasteiger partial charge in [-0.25, -0.2) is 8.42 Å². The van der Waals surface area contributed by atoms with Gasteiger partial charge in [-0.1, -0.05) is 11.6 Å². The van der Waals surface area contributed by atoms with Crippen molar-refractivity contribution in [2.45, 2.75) is 17.9 Å². The summed E-state index contributed by atoms with van der Waals surface area (Å²) in [6.45, 7) is 1.56. The predicted molar refractivity (Wildman–Crippen MR) is 77.4 cm³/mol. The zero-order valence-corrected chi connectivity index (χ0v) is 12.7. The molecule has 0 saturated carbocycles. The maximum Gasteiger partial charge on any atom is 0.236 e. The first-order chi connectivity index (χ1) is 8.33. The summed E-state index contributed by atoms with van der Waals surface area (Å²) in [6, 6.07) is 5.24. The van der Waals surface area contributed by atoms with Gasteiger partial charge in [0.2, 0.25) is 5.91 Å². The highest BCUT2D eigenvalue weighted by atomic mass is 35.5. The van der Waals surface area contributed by atoms with Crippen LogP contribution in [0.15, 0.2) is 29.2 Å². The fourth-order valence-corrected chi connectivity index (χ4v) is 2.51. The van der Waals surface area contributed by atoms with E-state index in [-0.39, 0.29) is 35.5 Å². The van der Waals surface area contributed by atoms with E-state index in [4.69, 9.17) is 17.3 Å². The van der Waals surface area contributed by atoms with E-state index in [0.29, 0.717) is 5.02 Å². The molecule has 0 aromatic heterocycles. The molecule has 0 aliphatic rings. The maximum absolute atomic E-state index is 11.9. The third-order valence-electron chi connectivity index (χ3n) is 2.26. The molecule has 1 atom stereocenters. The van der Waals surface area contributed by atoms with Crippen LogP contribution in [0.5, 0.6) is 0 Å². The monoisotopic (exact) mass is 326 g/mol. The molecule has 0 unspecified atom stereocenters. The minimum Gasteiger partial charge on any atom is -0.354 e.